The first-order valence-electron chi connectivity index (χ1n) is 8.05. The Morgan fingerprint density at radius 3 is 2.79 bits per heavy atom. The van der Waals surface area contributed by atoms with E-state index in [0.29, 0.717) is 13.2 Å². The Kier molecular flexibility index (Phi) is 6.36. The summed E-state index contributed by atoms with van der Waals surface area (Å²) < 4.78 is 5.52. The van der Waals surface area contributed by atoms with E-state index in [1.807, 2.05) is 19.1 Å². The number of carbonyl (C=O) groups is 1. The van der Waals surface area contributed by atoms with Gasteiger partial charge >= 0.3 is 6.03 Å². The Hall–Kier alpha value is -1.90. The maximum absolute atomic E-state index is 11.8. The summed E-state index contributed by atoms with van der Waals surface area (Å²) >= 11 is 0. The number of rotatable bonds is 6. The summed E-state index contributed by atoms with van der Waals surface area (Å²) in [6, 6.07) is 3.39. The van der Waals surface area contributed by atoms with Crippen molar-refractivity contribution in [1.29, 1.82) is 0 Å². The highest BCUT2D eigenvalue weighted by Gasteiger charge is 2.24. The average molecular weight is 338 g/mol. The molecule has 0 bridgehead atoms. The second kappa shape index (κ2) is 8.27. The topological polar surface area (TPSA) is 107 Å². The minimum atomic E-state index is -1.04. The third kappa shape index (κ3) is 5.05. The molecule has 0 aliphatic carbocycles. The van der Waals surface area contributed by atoms with Gasteiger partial charge in [0.1, 0.15) is 5.82 Å². The number of amides is 2. The van der Waals surface area contributed by atoms with Crippen LogP contribution in [-0.2, 0) is 11.3 Å². The van der Waals surface area contributed by atoms with Crippen LogP contribution in [0.4, 0.5) is 10.6 Å². The first-order valence-corrected chi connectivity index (χ1v) is 8.05. The third-order valence-corrected chi connectivity index (χ3v) is 3.94. The van der Waals surface area contributed by atoms with Crippen LogP contribution in [0.15, 0.2) is 18.3 Å². The van der Waals surface area contributed by atoms with E-state index in [0.717, 1.165) is 24.5 Å². The number of pyridine rings is 1. The molecule has 1 unspecified atom stereocenters. The summed E-state index contributed by atoms with van der Waals surface area (Å²) in [7, 11) is 0. The number of urea groups is 1. The smallest absolute Gasteiger partial charge is 0.315 e. The van der Waals surface area contributed by atoms with Crippen molar-refractivity contribution in [2.45, 2.75) is 32.0 Å². The molecule has 2 rings (SSSR count). The minimum absolute atomic E-state index is 0.193. The standard InChI is InChI=1S/C16H26N4O4/c1-12-9-20(5-6-24-12)14-4-3-13(7-17-14)8-18-15(23)19-16(2,10-21)11-22/h3-4,7,12,21-22H,5-6,8-11H2,1-2H3,(H2,18,19,23). The minimum Gasteiger partial charge on any atom is -0.394 e. The maximum Gasteiger partial charge on any atom is 0.315 e. The zero-order valence-electron chi connectivity index (χ0n) is 14.2. The first kappa shape index (κ1) is 18.4. The van der Waals surface area contributed by atoms with E-state index in [-0.39, 0.29) is 19.3 Å². The highest BCUT2D eigenvalue weighted by Crippen LogP contribution is 2.15. The molecular formula is C16H26N4O4. The van der Waals surface area contributed by atoms with Crippen molar-refractivity contribution in [3.63, 3.8) is 0 Å². The van der Waals surface area contributed by atoms with Gasteiger partial charge in [-0.25, -0.2) is 9.78 Å². The Morgan fingerprint density at radius 2 is 2.21 bits per heavy atom. The molecule has 1 fully saturated rings. The number of anilines is 1. The summed E-state index contributed by atoms with van der Waals surface area (Å²) in [4.78, 5) is 18.4. The fourth-order valence-electron chi connectivity index (χ4n) is 2.36. The zero-order valence-corrected chi connectivity index (χ0v) is 14.2. The molecule has 1 aromatic rings. The predicted octanol–water partition coefficient (Wildman–Crippen LogP) is -0.151. The molecule has 4 N–H and O–H groups in total. The summed E-state index contributed by atoms with van der Waals surface area (Å²) in [6.07, 6.45) is 1.92. The van der Waals surface area contributed by atoms with E-state index in [4.69, 9.17) is 14.9 Å². The monoisotopic (exact) mass is 338 g/mol. The van der Waals surface area contributed by atoms with Crippen molar-refractivity contribution < 1.29 is 19.7 Å². The van der Waals surface area contributed by atoms with Gasteiger partial charge in [-0.1, -0.05) is 6.07 Å². The van der Waals surface area contributed by atoms with E-state index < -0.39 is 11.6 Å². The molecule has 1 aliphatic rings. The van der Waals surface area contributed by atoms with Gasteiger partial charge in [-0.3, -0.25) is 0 Å². The van der Waals surface area contributed by atoms with E-state index in [1.54, 1.807) is 13.1 Å². The van der Waals surface area contributed by atoms with Crippen LogP contribution in [0, 0.1) is 0 Å². The quantitative estimate of drug-likeness (QED) is 0.575. The lowest BCUT2D eigenvalue weighted by Gasteiger charge is -2.32. The molecular weight excluding hydrogens is 312 g/mol. The Labute approximate surface area is 141 Å². The van der Waals surface area contributed by atoms with Crippen LogP contribution in [-0.4, -0.2) is 65.8 Å². The summed E-state index contributed by atoms with van der Waals surface area (Å²) in [5.74, 6) is 0.895. The Morgan fingerprint density at radius 1 is 1.46 bits per heavy atom. The molecule has 1 aromatic heterocycles. The van der Waals surface area contributed by atoms with Crippen molar-refractivity contribution in [3.8, 4) is 0 Å². The molecule has 2 heterocycles. The molecule has 0 saturated carbocycles. The van der Waals surface area contributed by atoms with Gasteiger partial charge in [0.05, 0.1) is 31.5 Å². The molecule has 1 saturated heterocycles. The Balaban J connectivity index is 1.84. The summed E-state index contributed by atoms with van der Waals surface area (Å²) in [5.41, 5.74) is -0.177. The van der Waals surface area contributed by atoms with Crippen LogP contribution < -0.4 is 15.5 Å². The van der Waals surface area contributed by atoms with Gasteiger partial charge in [-0.15, -0.1) is 0 Å². The SMILES string of the molecule is CC1CN(c2ccc(CNC(=O)NC(C)(CO)CO)cn2)CCO1. The molecule has 0 radical (unpaired) electrons. The maximum atomic E-state index is 11.8. The number of carbonyl (C=O) groups excluding carboxylic acids is 1. The van der Waals surface area contributed by atoms with Crippen LogP contribution in [0.2, 0.25) is 0 Å². The highest BCUT2D eigenvalue weighted by atomic mass is 16.5. The molecule has 8 nitrogen and oxygen atoms in total. The lowest BCUT2D eigenvalue weighted by Crippen LogP contribution is -2.54. The lowest BCUT2D eigenvalue weighted by molar-refractivity contribution is 0.0529. The molecule has 24 heavy (non-hydrogen) atoms. The average Bonchev–Trinajstić information content (AvgIpc) is 2.60. The van der Waals surface area contributed by atoms with Crippen molar-refractivity contribution in [1.82, 2.24) is 15.6 Å². The second-order valence-electron chi connectivity index (χ2n) is 6.34. The molecule has 134 valence electrons. The molecule has 1 aliphatic heterocycles. The third-order valence-electron chi connectivity index (χ3n) is 3.94. The van der Waals surface area contributed by atoms with Crippen molar-refractivity contribution >= 4 is 11.8 Å². The van der Waals surface area contributed by atoms with Gasteiger partial charge in [0.2, 0.25) is 0 Å². The fourth-order valence-corrected chi connectivity index (χ4v) is 2.36. The van der Waals surface area contributed by atoms with Crippen LogP contribution in [0.3, 0.4) is 0 Å². The van der Waals surface area contributed by atoms with Crippen molar-refractivity contribution in [3.05, 3.63) is 23.9 Å². The number of nitrogens with zero attached hydrogens (tertiary/aromatic N) is 2. The lowest BCUT2D eigenvalue weighted by atomic mass is 10.1. The van der Waals surface area contributed by atoms with E-state index in [9.17, 15) is 4.79 Å². The number of nitrogens with one attached hydrogen (secondary N) is 2. The van der Waals surface area contributed by atoms with E-state index >= 15 is 0 Å². The van der Waals surface area contributed by atoms with Gasteiger partial charge in [-0.2, -0.15) is 0 Å². The number of hydrogen-bond acceptors (Lipinski definition) is 6. The van der Waals surface area contributed by atoms with E-state index in [1.165, 1.54) is 0 Å². The van der Waals surface area contributed by atoms with Gasteiger partial charge in [0, 0.05) is 25.8 Å². The van der Waals surface area contributed by atoms with Gasteiger partial charge in [-0.05, 0) is 25.5 Å². The summed E-state index contributed by atoms with van der Waals surface area (Å²) in [5, 5.41) is 23.6. The normalized spacial score (nSPS) is 18.3. The van der Waals surface area contributed by atoms with Gasteiger partial charge in [0.25, 0.3) is 0 Å². The number of aliphatic hydroxyl groups is 2. The van der Waals surface area contributed by atoms with Crippen molar-refractivity contribution in [2.75, 3.05) is 37.8 Å². The number of hydrogen-bond donors (Lipinski definition) is 4. The molecule has 8 heteroatoms. The van der Waals surface area contributed by atoms with Gasteiger partial charge in [0.15, 0.2) is 0 Å². The zero-order chi connectivity index (χ0) is 17.6. The first-order chi connectivity index (χ1) is 11.5. The highest BCUT2D eigenvalue weighted by molar-refractivity contribution is 5.74. The van der Waals surface area contributed by atoms with E-state index in [2.05, 4.69) is 20.5 Å². The summed E-state index contributed by atoms with van der Waals surface area (Å²) in [6.45, 7) is 5.55. The van der Waals surface area contributed by atoms with Gasteiger partial charge < -0.3 is 30.5 Å². The molecule has 0 aromatic carbocycles. The molecule has 0 spiro atoms. The van der Waals surface area contributed by atoms with Crippen molar-refractivity contribution in [2.24, 2.45) is 0 Å². The van der Waals surface area contributed by atoms with Crippen LogP contribution >= 0.6 is 0 Å². The number of ether oxygens (including phenoxy) is 1. The van der Waals surface area contributed by atoms with Crippen LogP contribution in [0.1, 0.15) is 19.4 Å². The Bertz CT molecular complexity index is 533. The molecule has 1 atom stereocenters. The second-order valence-corrected chi connectivity index (χ2v) is 6.34. The fraction of sp³-hybridized carbons (Fsp3) is 0.625. The largest absolute Gasteiger partial charge is 0.394 e. The number of aliphatic hydroxyl groups excluding tert-OH is 2. The number of morpholine rings is 1. The van der Waals surface area contributed by atoms with Crippen LogP contribution in [0.25, 0.3) is 0 Å². The number of aromatic nitrogens is 1. The van der Waals surface area contributed by atoms with Crippen LogP contribution in [0.5, 0.6) is 0 Å². The predicted molar refractivity (Wildman–Crippen MR) is 89.8 cm³/mol. The molecule has 2 amide bonds.